The van der Waals surface area contributed by atoms with Gasteiger partial charge < -0.3 is 10.3 Å². The summed E-state index contributed by atoms with van der Waals surface area (Å²) in [7, 11) is 0. The SMILES string of the molecule is CCn1cc(-c2ccc(F)cc2)cc1N. The predicted molar refractivity (Wildman–Crippen MR) is 59.9 cm³/mol. The van der Waals surface area contributed by atoms with Crippen LogP contribution in [0.4, 0.5) is 10.2 Å². The summed E-state index contributed by atoms with van der Waals surface area (Å²) in [4.78, 5) is 0. The van der Waals surface area contributed by atoms with E-state index in [1.54, 1.807) is 12.1 Å². The fraction of sp³-hybridized carbons (Fsp3) is 0.167. The Labute approximate surface area is 88.1 Å². The van der Waals surface area contributed by atoms with E-state index in [0.29, 0.717) is 0 Å². The van der Waals surface area contributed by atoms with Crippen LogP contribution in [0.25, 0.3) is 11.1 Å². The Balaban J connectivity index is 2.41. The molecule has 0 aliphatic heterocycles. The first-order chi connectivity index (χ1) is 7.20. The number of aromatic nitrogens is 1. The number of benzene rings is 1. The van der Waals surface area contributed by atoms with Gasteiger partial charge in [-0.25, -0.2) is 4.39 Å². The maximum atomic E-state index is 12.7. The van der Waals surface area contributed by atoms with Crippen LogP contribution in [0.15, 0.2) is 36.5 Å². The highest BCUT2D eigenvalue weighted by Gasteiger charge is 2.03. The summed E-state index contributed by atoms with van der Waals surface area (Å²) in [5, 5.41) is 0. The van der Waals surface area contributed by atoms with E-state index < -0.39 is 0 Å². The number of nitrogen functional groups attached to an aromatic ring is 1. The van der Waals surface area contributed by atoms with Crippen molar-refractivity contribution < 1.29 is 4.39 Å². The van der Waals surface area contributed by atoms with E-state index >= 15 is 0 Å². The molecular weight excluding hydrogens is 191 g/mol. The maximum Gasteiger partial charge on any atom is 0.123 e. The molecule has 2 nitrogen and oxygen atoms in total. The van der Waals surface area contributed by atoms with Crippen LogP contribution < -0.4 is 5.73 Å². The Bertz CT molecular complexity index is 457. The second kappa shape index (κ2) is 3.77. The number of aryl methyl sites for hydroxylation is 1. The van der Waals surface area contributed by atoms with Gasteiger partial charge in [-0.2, -0.15) is 0 Å². The molecule has 2 N–H and O–H groups in total. The van der Waals surface area contributed by atoms with Gasteiger partial charge in [0.25, 0.3) is 0 Å². The van der Waals surface area contributed by atoms with E-state index in [1.807, 2.05) is 23.8 Å². The van der Waals surface area contributed by atoms with Crippen LogP contribution in [0.2, 0.25) is 0 Å². The van der Waals surface area contributed by atoms with Crippen molar-refractivity contribution >= 4 is 5.82 Å². The van der Waals surface area contributed by atoms with E-state index in [1.165, 1.54) is 12.1 Å². The molecule has 15 heavy (non-hydrogen) atoms. The van der Waals surface area contributed by atoms with Crippen LogP contribution in [-0.2, 0) is 6.54 Å². The van der Waals surface area contributed by atoms with Gasteiger partial charge in [0.05, 0.1) is 0 Å². The lowest BCUT2D eigenvalue weighted by molar-refractivity contribution is 0.628. The fourth-order valence-electron chi connectivity index (χ4n) is 1.60. The van der Waals surface area contributed by atoms with Gasteiger partial charge in [-0.15, -0.1) is 0 Å². The van der Waals surface area contributed by atoms with Crippen molar-refractivity contribution in [2.45, 2.75) is 13.5 Å². The minimum atomic E-state index is -0.221. The largest absolute Gasteiger partial charge is 0.385 e. The number of hydrogen-bond donors (Lipinski definition) is 1. The topological polar surface area (TPSA) is 30.9 Å². The zero-order valence-corrected chi connectivity index (χ0v) is 8.57. The van der Waals surface area contributed by atoms with Gasteiger partial charge >= 0.3 is 0 Å². The Morgan fingerprint density at radius 3 is 2.40 bits per heavy atom. The highest BCUT2D eigenvalue weighted by Crippen LogP contribution is 2.23. The predicted octanol–water partition coefficient (Wildman–Crippen LogP) is 2.90. The first-order valence-corrected chi connectivity index (χ1v) is 4.92. The summed E-state index contributed by atoms with van der Waals surface area (Å²) in [5.41, 5.74) is 7.81. The summed E-state index contributed by atoms with van der Waals surface area (Å²) < 4.78 is 14.7. The maximum absolute atomic E-state index is 12.7. The summed E-state index contributed by atoms with van der Waals surface area (Å²) in [6.45, 7) is 2.87. The summed E-state index contributed by atoms with van der Waals surface area (Å²) in [6, 6.07) is 8.31. The van der Waals surface area contributed by atoms with E-state index in [-0.39, 0.29) is 5.82 Å². The van der Waals surface area contributed by atoms with Crippen LogP contribution in [0.3, 0.4) is 0 Å². The molecule has 2 rings (SSSR count). The zero-order chi connectivity index (χ0) is 10.8. The van der Waals surface area contributed by atoms with E-state index in [9.17, 15) is 4.39 Å². The molecule has 0 saturated heterocycles. The summed E-state index contributed by atoms with van der Waals surface area (Å²) >= 11 is 0. The lowest BCUT2D eigenvalue weighted by atomic mass is 10.1. The van der Waals surface area contributed by atoms with Gasteiger partial charge in [-0.05, 0) is 30.7 Å². The Hall–Kier alpha value is -1.77. The third-order valence-corrected chi connectivity index (χ3v) is 2.45. The van der Waals surface area contributed by atoms with Crippen LogP contribution in [0.5, 0.6) is 0 Å². The molecule has 0 amide bonds. The van der Waals surface area contributed by atoms with Gasteiger partial charge in [-0.3, -0.25) is 0 Å². The first-order valence-electron chi connectivity index (χ1n) is 4.92. The van der Waals surface area contributed by atoms with E-state index in [0.717, 1.165) is 23.5 Å². The van der Waals surface area contributed by atoms with Gasteiger partial charge in [0.15, 0.2) is 0 Å². The molecule has 0 fully saturated rings. The normalized spacial score (nSPS) is 10.5. The monoisotopic (exact) mass is 204 g/mol. The van der Waals surface area contributed by atoms with Crippen LogP contribution in [0.1, 0.15) is 6.92 Å². The highest BCUT2D eigenvalue weighted by molar-refractivity contribution is 5.66. The fourth-order valence-corrected chi connectivity index (χ4v) is 1.60. The molecule has 1 heterocycles. The molecule has 78 valence electrons. The molecule has 0 aliphatic carbocycles. The molecule has 0 unspecified atom stereocenters. The van der Waals surface area contributed by atoms with Crippen LogP contribution in [0, 0.1) is 5.82 Å². The molecule has 0 bridgehead atoms. The van der Waals surface area contributed by atoms with Gasteiger partial charge in [-0.1, -0.05) is 12.1 Å². The van der Waals surface area contributed by atoms with Crippen LogP contribution in [-0.4, -0.2) is 4.57 Å². The smallest absolute Gasteiger partial charge is 0.123 e. The molecule has 0 spiro atoms. The quantitative estimate of drug-likeness (QED) is 0.801. The molecule has 3 heteroatoms. The molecule has 1 aromatic carbocycles. The minimum Gasteiger partial charge on any atom is -0.385 e. The number of nitrogens with zero attached hydrogens (tertiary/aromatic N) is 1. The molecule has 0 atom stereocenters. The lowest BCUT2D eigenvalue weighted by Crippen LogP contribution is -1.97. The number of hydrogen-bond acceptors (Lipinski definition) is 1. The number of nitrogens with two attached hydrogens (primary N) is 1. The third-order valence-electron chi connectivity index (χ3n) is 2.45. The van der Waals surface area contributed by atoms with E-state index in [2.05, 4.69) is 0 Å². The zero-order valence-electron chi connectivity index (χ0n) is 8.57. The van der Waals surface area contributed by atoms with Crippen molar-refractivity contribution in [3.63, 3.8) is 0 Å². The van der Waals surface area contributed by atoms with Crippen molar-refractivity contribution in [2.75, 3.05) is 5.73 Å². The second-order valence-electron chi connectivity index (χ2n) is 3.45. The molecular formula is C12H13FN2. The van der Waals surface area contributed by atoms with Crippen molar-refractivity contribution in [3.05, 3.63) is 42.3 Å². The lowest BCUT2D eigenvalue weighted by Gasteiger charge is -1.98. The summed E-state index contributed by atoms with van der Waals surface area (Å²) in [6.07, 6.45) is 1.97. The highest BCUT2D eigenvalue weighted by atomic mass is 19.1. The minimum absolute atomic E-state index is 0.221. The molecule has 0 saturated carbocycles. The molecule has 1 aromatic heterocycles. The van der Waals surface area contributed by atoms with Crippen molar-refractivity contribution in [2.24, 2.45) is 0 Å². The average molecular weight is 204 g/mol. The standard InChI is InChI=1S/C12H13FN2/c1-2-15-8-10(7-12(15)14)9-3-5-11(13)6-4-9/h3-8H,2,14H2,1H3. The van der Waals surface area contributed by atoms with Crippen LogP contribution >= 0.6 is 0 Å². The van der Waals surface area contributed by atoms with Crippen molar-refractivity contribution in [3.8, 4) is 11.1 Å². The van der Waals surface area contributed by atoms with Crippen molar-refractivity contribution in [1.29, 1.82) is 0 Å². The van der Waals surface area contributed by atoms with Gasteiger partial charge in [0.1, 0.15) is 11.6 Å². The third kappa shape index (κ3) is 1.86. The van der Waals surface area contributed by atoms with E-state index in [4.69, 9.17) is 5.73 Å². The summed E-state index contributed by atoms with van der Waals surface area (Å²) in [5.74, 6) is 0.512. The van der Waals surface area contributed by atoms with Gasteiger partial charge in [0.2, 0.25) is 0 Å². The first kappa shape index (κ1) is 9.77. The van der Waals surface area contributed by atoms with Crippen molar-refractivity contribution in [1.82, 2.24) is 4.57 Å². The molecule has 2 aromatic rings. The average Bonchev–Trinajstić information content (AvgIpc) is 2.61. The number of rotatable bonds is 2. The Kier molecular flexibility index (Phi) is 2.46. The molecule has 0 aliphatic rings. The van der Waals surface area contributed by atoms with Gasteiger partial charge in [0, 0.05) is 18.3 Å². The number of anilines is 1. The molecule has 0 radical (unpaired) electrons. The number of halogens is 1. The second-order valence-corrected chi connectivity index (χ2v) is 3.45. The Morgan fingerprint density at radius 1 is 1.20 bits per heavy atom. The Morgan fingerprint density at radius 2 is 1.87 bits per heavy atom.